The van der Waals surface area contributed by atoms with Crippen LogP contribution in [0.4, 0.5) is 0 Å². The quantitative estimate of drug-likeness (QED) is 0.537. The topological polar surface area (TPSA) is 57.2 Å². The van der Waals surface area contributed by atoms with Crippen LogP contribution in [0.2, 0.25) is 0 Å². The minimum absolute atomic E-state index is 0.569. The van der Waals surface area contributed by atoms with E-state index in [0.29, 0.717) is 0 Å². The van der Waals surface area contributed by atoms with E-state index in [0.717, 1.165) is 61.2 Å². The Balaban J connectivity index is 1.28. The summed E-state index contributed by atoms with van der Waals surface area (Å²) in [5, 5.41) is 10.7. The van der Waals surface area contributed by atoms with Crippen molar-refractivity contribution in [1.29, 1.82) is 0 Å². The summed E-state index contributed by atoms with van der Waals surface area (Å²) in [6.07, 6.45) is 5.62. The van der Waals surface area contributed by atoms with Crippen molar-refractivity contribution >= 4 is 11.1 Å². The van der Waals surface area contributed by atoms with E-state index in [2.05, 4.69) is 24.3 Å². The number of aliphatic hydroxyl groups is 1. The van der Waals surface area contributed by atoms with Crippen LogP contribution in [0.1, 0.15) is 69.4 Å². The van der Waals surface area contributed by atoms with E-state index in [1.54, 1.807) is 6.92 Å². The minimum atomic E-state index is -0.878. The average Bonchev–Trinajstić information content (AvgIpc) is 2.88. The van der Waals surface area contributed by atoms with Crippen LogP contribution in [0.25, 0.3) is 11.1 Å². The molecule has 0 saturated carbocycles. The molecule has 5 heteroatoms. The maximum atomic E-state index is 10.7. The van der Waals surface area contributed by atoms with Crippen LogP contribution in [0.15, 0.2) is 59.7 Å². The summed E-state index contributed by atoms with van der Waals surface area (Å²) in [5.74, 6) is 1.66. The first kappa shape index (κ1) is 21.9. The van der Waals surface area contributed by atoms with E-state index < -0.39 is 25.0 Å². The molecule has 0 fully saturated rings. The minimum Gasteiger partial charge on any atom is -0.460 e. The zero-order valence-electron chi connectivity index (χ0n) is 19.7. The normalized spacial score (nSPS) is 25.2. The van der Waals surface area contributed by atoms with Gasteiger partial charge in [-0.15, -0.1) is 0 Å². The fraction of sp³-hybridized carbons (Fsp3) is 0.448. The molecule has 2 aliphatic heterocycles. The third kappa shape index (κ3) is 3.96. The van der Waals surface area contributed by atoms with Gasteiger partial charge in [-0.3, -0.25) is 0 Å². The van der Waals surface area contributed by atoms with Crippen LogP contribution in [-0.2, 0) is 9.47 Å². The van der Waals surface area contributed by atoms with E-state index in [9.17, 15) is 5.11 Å². The summed E-state index contributed by atoms with van der Waals surface area (Å²) < 4.78 is 25.4. The van der Waals surface area contributed by atoms with Crippen molar-refractivity contribution in [2.45, 2.75) is 83.3 Å². The standard InChI is InChI=1S/C29H32O5/c1-18(30)27(33-28-23-14-4-2-10-19(23)21-12-6-8-16-25(21)31-28)34-29-24-15-5-3-11-20(24)22-13-7-9-17-26(22)32-29/h6-9,12-13,16-18,27-30H,2-5,10-11,14-15H2,1H3. The van der Waals surface area contributed by atoms with Gasteiger partial charge in [0.05, 0.1) is 0 Å². The van der Waals surface area contributed by atoms with E-state index in [-0.39, 0.29) is 0 Å². The number of allylic oxidation sites excluding steroid dienone is 2. The highest BCUT2D eigenvalue weighted by atomic mass is 16.8. The lowest BCUT2D eigenvalue weighted by Crippen LogP contribution is -2.43. The van der Waals surface area contributed by atoms with E-state index in [4.69, 9.17) is 18.9 Å². The number of fused-ring (bicyclic) bond motifs is 4. The van der Waals surface area contributed by atoms with Crippen LogP contribution in [-0.4, -0.2) is 30.1 Å². The molecule has 2 aromatic carbocycles. The summed E-state index contributed by atoms with van der Waals surface area (Å²) in [6.45, 7) is 1.70. The van der Waals surface area contributed by atoms with Gasteiger partial charge < -0.3 is 24.1 Å². The van der Waals surface area contributed by atoms with Gasteiger partial charge in [0.1, 0.15) is 17.6 Å². The summed E-state index contributed by atoms with van der Waals surface area (Å²) in [6, 6.07) is 16.3. The van der Waals surface area contributed by atoms with Crippen molar-refractivity contribution in [3.8, 4) is 11.5 Å². The number of hydrogen-bond donors (Lipinski definition) is 1. The first-order valence-electron chi connectivity index (χ1n) is 12.6. The third-order valence-corrected chi connectivity index (χ3v) is 7.39. The fourth-order valence-electron chi connectivity index (χ4n) is 5.73. The Morgan fingerprint density at radius 3 is 1.62 bits per heavy atom. The van der Waals surface area contributed by atoms with E-state index in [1.165, 1.54) is 35.1 Å². The maximum Gasteiger partial charge on any atom is 0.225 e. The Morgan fingerprint density at radius 1 is 0.706 bits per heavy atom. The van der Waals surface area contributed by atoms with Crippen molar-refractivity contribution in [2.75, 3.05) is 0 Å². The Hall–Kier alpha value is -2.60. The lowest BCUT2D eigenvalue weighted by atomic mass is 9.85. The number of para-hydroxylation sites is 2. The largest absolute Gasteiger partial charge is 0.460 e. The Labute approximate surface area is 201 Å². The van der Waals surface area contributed by atoms with Crippen LogP contribution in [0.3, 0.4) is 0 Å². The molecule has 0 saturated heterocycles. The molecule has 0 bridgehead atoms. The molecular weight excluding hydrogens is 428 g/mol. The van der Waals surface area contributed by atoms with Crippen LogP contribution >= 0.6 is 0 Å². The molecule has 0 aromatic heterocycles. The number of benzene rings is 2. The van der Waals surface area contributed by atoms with Gasteiger partial charge in [0.15, 0.2) is 6.29 Å². The molecule has 0 radical (unpaired) electrons. The zero-order valence-corrected chi connectivity index (χ0v) is 19.7. The highest BCUT2D eigenvalue weighted by Crippen LogP contribution is 2.45. The highest BCUT2D eigenvalue weighted by Gasteiger charge is 2.37. The van der Waals surface area contributed by atoms with Gasteiger partial charge >= 0.3 is 0 Å². The van der Waals surface area contributed by atoms with E-state index in [1.807, 2.05) is 24.3 Å². The van der Waals surface area contributed by atoms with Crippen LogP contribution in [0, 0.1) is 0 Å². The third-order valence-electron chi connectivity index (χ3n) is 7.39. The lowest BCUT2D eigenvalue weighted by Gasteiger charge is -2.38. The Bertz CT molecular complexity index is 1050. The molecule has 1 N–H and O–H groups in total. The second-order valence-corrected chi connectivity index (χ2v) is 9.69. The van der Waals surface area contributed by atoms with Crippen molar-refractivity contribution in [1.82, 2.24) is 0 Å². The highest BCUT2D eigenvalue weighted by molar-refractivity contribution is 5.76. The fourth-order valence-corrected chi connectivity index (χ4v) is 5.73. The molecule has 6 rings (SSSR count). The zero-order chi connectivity index (χ0) is 23.1. The molecule has 5 nitrogen and oxygen atoms in total. The van der Waals surface area contributed by atoms with Crippen molar-refractivity contribution in [3.63, 3.8) is 0 Å². The molecule has 2 aromatic rings. The van der Waals surface area contributed by atoms with Crippen LogP contribution in [0.5, 0.6) is 11.5 Å². The summed E-state index contributed by atoms with van der Waals surface area (Å²) in [4.78, 5) is 0. The predicted molar refractivity (Wildman–Crippen MR) is 130 cm³/mol. The van der Waals surface area contributed by atoms with E-state index >= 15 is 0 Å². The molecule has 4 aliphatic rings. The van der Waals surface area contributed by atoms with Crippen molar-refractivity contribution in [3.05, 3.63) is 70.8 Å². The van der Waals surface area contributed by atoms with Crippen molar-refractivity contribution < 1.29 is 24.1 Å². The molecule has 34 heavy (non-hydrogen) atoms. The Kier molecular flexibility index (Phi) is 5.94. The van der Waals surface area contributed by atoms with Gasteiger partial charge in [-0.25, -0.2) is 0 Å². The average molecular weight is 461 g/mol. The second-order valence-electron chi connectivity index (χ2n) is 9.69. The molecule has 178 valence electrons. The smallest absolute Gasteiger partial charge is 0.225 e. The van der Waals surface area contributed by atoms with Crippen LogP contribution < -0.4 is 9.47 Å². The van der Waals surface area contributed by atoms with Gasteiger partial charge in [0.25, 0.3) is 0 Å². The number of aliphatic hydroxyl groups excluding tert-OH is 1. The van der Waals surface area contributed by atoms with Gasteiger partial charge in [-0.1, -0.05) is 36.4 Å². The summed E-state index contributed by atoms with van der Waals surface area (Å²) in [7, 11) is 0. The molecule has 3 unspecified atom stereocenters. The molecular formula is C29H32O5. The lowest BCUT2D eigenvalue weighted by molar-refractivity contribution is -0.276. The Morgan fingerprint density at radius 2 is 1.15 bits per heavy atom. The number of ether oxygens (including phenoxy) is 4. The van der Waals surface area contributed by atoms with Gasteiger partial charge in [-0.2, -0.15) is 0 Å². The van der Waals surface area contributed by atoms with Gasteiger partial charge in [0, 0.05) is 22.3 Å². The van der Waals surface area contributed by atoms with Gasteiger partial charge in [0.2, 0.25) is 12.6 Å². The first-order valence-corrected chi connectivity index (χ1v) is 12.6. The monoisotopic (exact) mass is 460 g/mol. The van der Waals surface area contributed by atoms with Gasteiger partial charge in [-0.05, 0) is 81.6 Å². The number of hydrogen-bond acceptors (Lipinski definition) is 5. The first-order chi connectivity index (χ1) is 16.7. The number of rotatable bonds is 5. The molecule has 0 amide bonds. The summed E-state index contributed by atoms with van der Waals surface area (Å²) in [5.41, 5.74) is 7.31. The SMILES string of the molecule is CC(O)C(OC1Oc2ccccc2C2=C1CCCC2)OC1Oc2ccccc2C2=C1CCCC2. The molecule has 2 aliphatic carbocycles. The van der Waals surface area contributed by atoms with Crippen molar-refractivity contribution in [2.24, 2.45) is 0 Å². The molecule has 0 spiro atoms. The maximum absolute atomic E-state index is 10.7. The molecule has 3 atom stereocenters. The molecule has 2 heterocycles. The second kappa shape index (κ2) is 9.21. The summed E-state index contributed by atoms with van der Waals surface area (Å²) >= 11 is 0. The predicted octanol–water partition coefficient (Wildman–Crippen LogP) is 6.22.